The van der Waals surface area contributed by atoms with Crippen molar-refractivity contribution in [3.8, 4) is 11.3 Å². The number of nitrogens with one attached hydrogen (secondary N) is 2. The zero-order chi connectivity index (χ0) is 19.8. The summed E-state index contributed by atoms with van der Waals surface area (Å²) < 4.78 is 0. The van der Waals surface area contributed by atoms with E-state index in [9.17, 15) is 4.79 Å². The van der Waals surface area contributed by atoms with E-state index in [2.05, 4.69) is 30.4 Å². The van der Waals surface area contributed by atoms with E-state index in [1.54, 1.807) is 36.4 Å². The van der Waals surface area contributed by atoms with E-state index in [1.165, 1.54) is 0 Å². The zero-order valence-corrected chi connectivity index (χ0v) is 15.6. The number of H-pyrrole nitrogens is 2. The first-order valence-corrected chi connectivity index (χ1v) is 8.70. The Kier molecular flexibility index (Phi) is 4.46. The van der Waals surface area contributed by atoms with Gasteiger partial charge in [-0.2, -0.15) is 5.10 Å². The van der Waals surface area contributed by atoms with Crippen molar-refractivity contribution in [3.63, 3.8) is 0 Å². The van der Waals surface area contributed by atoms with E-state index >= 15 is 0 Å². The summed E-state index contributed by atoms with van der Waals surface area (Å²) in [5, 5.41) is 15.0. The number of nitrogen functional groups attached to an aromatic ring is 2. The maximum absolute atomic E-state index is 12.6. The standard InChI is InChI=1S/C17H12Cl2N8O/c18-8-5-6-10-13(11(8)19)23-12(17(28)22-10)7-3-1-2-4-9(7)24-25-14-15(20)26-27-16(14)21/h1-6H,(H,22,28)(H5,20,21,26,27). The van der Waals surface area contributed by atoms with Crippen molar-refractivity contribution in [1.29, 1.82) is 0 Å². The third kappa shape index (κ3) is 3.06. The van der Waals surface area contributed by atoms with Crippen molar-refractivity contribution < 1.29 is 0 Å². The van der Waals surface area contributed by atoms with Gasteiger partial charge in [0.1, 0.15) is 17.0 Å². The molecule has 0 saturated heterocycles. The predicted octanol–water partition coefficient (Wildman–Crippen LogP) is 4.20. The second-order valence-corrected chi connectivity index (χ2v) is 6.55. The minimum absolute atomic E-state index is 0.113. The highest BCUT2D eigenvalue weighted by atomic mass is 35.5. The van der Waals surface area contributed by atoms with Crippen LogP contribution in [0.15, 0.2) is 51.4 Å². The number of rotatable bonds is 3. The largest absolute Gasteiger partial charge is 0.382 e. The maximum Gasteiger partial charge on any atom is 0.275 e. The lowest BCUT2D eigenvalue weighted by atomic mass is 10.1. The van der Waals surface area contributed by atoms with Gasteiger partial charge in [-0.05, 0) is 18.2 Å². The highest BCUT2D eigenvalue weighted by Crippen LogP contribution is 2.33. The van der Waals surface area contributed by atoms with Crippen LogP contribution in [0.5, 0.6) is 0 Å². The van der Waals surface area contributed by atoms with Crippen LogP contribution >= 0.6 is 23.2 Å². The summed E-state index contributed by atoms with van der Waals surface area (Å²) in [5.74, 6) is 0.295. The fourth-order valence-electron chi connectivity index (χ4n) is 2.61. The molecule has 0 fully saturated rings. The molecule has 2 aromatic carbocycles. The molecule has 2 heterocycles. The van der Waals surface area contributed by atoms with E-state index in [0.717, 1.165) is 0 Å². The Balaban J connectivity index is 1.88. The molecule has 140 valence electrons. The van der Waals surface area contributed by atoms with Crippen LogP contribution in [0, 0.1) is 0 Å². The van der Waals surface area contributed by atoms with E-state index < -0.39 is 5.56 Å². The van der Waals surface area contributed by atoms with Gasteiger partial charge in [-0.25, -0.2) is 4.98 Å². The number of hydrogen-bond donors (Lipinski definition) is 4. The third-order valence-electron chi connectivity index (χ3n) is 3.97. The smallest absolute Gasteiger partial charge is 0.275 e. The molecule has 0 radical (unpaired) electrons. The zero-order valence-electron chi connectivity index (χ0n) is 14.1. The van der Waals surface area contributed by atoms with E-state index in [1.807, 2.05) is 0 Å². The number of aromatic amines is 2. The molecular formula is C17H12Cl2N8O. The Morgan fingerprint density at radius 1 is 1.04 bits per heavy atom. The molecular weight excluding hydrogens is 403 g/mol. The lowest BCUT2D eigenvalue weighted by Gasteiger charge is -2.07. The first-order valence-electron chi connectivity index (χ1n) is 7.94. The molecule has 28 heavy (non-hydrogen) atoms. The highest BCUT2D eigenvalue weighted by molar-refractivity contribution is 6.44. The van der Waals surface area contributed by atoms with Gasteiger partial charge in [0.2, 0.25) is 0 Å². The van der Waals surface area contributed by atoms with Gasteiger partial charge in [0.25, 0.3) is 5.56 Å². The van der Waals surface area contributed by atoms with E-state index in [-0.39, 0.29) is 28.0 Å². The molecule has 0 unspecified atom stereocenters. The van der Waals surface area contributed by atoms with Crippen molar-refractivity contribution in [3.05, 3.63) is 56.8 Å². The molecule has 4 rings (SSSR count). The summed E-state index contributed by atoms with van der Waals surface area (Å²) in [7, 11) is 0. The van der Waals surface area contributed by atoms with Gasteiger partial charge in [0.15, 0.2) is 11.5 Å². The van der Waals surface area contributed by atoms with Gasteiger partial charge in [-0.1, -0.05) is 41.4 Å². The van der Waals surface area contributed by atoms with E-state index in [0.29, 0.717) is 27.3 Å². The second kappa shape index (κ2) is 6.95. The van der Waals surface area contributed by atoms with Gasteiger partial charge in [0.05, 0.1) is 21.2 Å². The normalized spacial score (nSPS) is 11.5. The van der Waals surface area contributed by atoms with Gasteiger partial charge in [-0.15, -0.1) is 10.2 Å². The summed E-state index contributed by atoms with van der Waals surface area (Å²) in [5.41, 5.74) is 13.0. The Bertz CT molecular complexity index is 1270. The molecule has 4 aromatic rings. The summed E-state index contributed by atoms with van der Waals surface area (Å²) in [6, 6.07) is 10.1. The minimum Gasteiger partial charge on any atom is -0.382 e. The van der Waals surface area contributed by atoms with Crippen LogP contribution in [0.1, 0.15) is 0 Å². The predicted molar refractivity (Wildman–Crippen MR) is 109 cm³/mol. The highest BCUT2D eigenvalue weighted by Gasteiger charge is 2.15. The number of benzene rings is 2. The summed E-state index contributed by atoms with van der Waals surface area (Å²) in [6.45, 7) is 0. The first-order chi connectivity index (χ1) is 13.5. The Morgan fingerprint density at radius 3 is 2.57 bits per heavy atom. The molecule has 6 N–H and O–H groups in total. The van der Waals surface area contributed by atoms with Crippen molar-refractivity contribution in [2.24, 2.45) is 10.2 Å². The van der Waals surface area contributed by atoms with Gasteiger partial charge < -0.3 is 16.5 Å². The third-order valence-corrected chi connectivity index (χ3v) is 4.76. The molecule has 0 bridgehead atoms. The molecule has 0 aliphatic heterocycles. The number of hydrogen-bond acceptors (Lipinski definition) is 7. The van der Waals surface area contributed by atoms with Crippen molar-refractivity contribution in [1.82, 2.24) is 20.2 Å². The topological polar surface area (TPSA) is 151 Å². The Labute approximate surface area is 167 Å². The molecule has 0 amide bonds. The summed E-state index contributed by atoms with van der Waals surface area (Å²) in [6.07, 6.45) is 0. The number of aromatic nitrogens is 4. The number of azo groups is 1. The fourth-order valence-corrected chi connectivity index (χ4v) is 2.97. The lowest BCUT2D eigenvalue weighted by molar-refractivity contribution is 1.11. The number of halogens is 2. The maximum atomic E-state index is 12.6. The second-order valence-electron chi connectivity index (χ2n) is 5.76. The van der Waals surface area contributed by atoms with Gasteiger partial charge in [0, 0.05) is 5.56 Å². The fraction of sp³-hybridized carbons (Fsp3) is 0. The minimum atomic E-state index is -0.407. The summed E-state index contributed by atoms with van der Waals surface area (Å²) in [4.78, 5) is 19.8. The quantitative estimate of drug-likeness (QED) is 0.370. The molecule has 2 aromatic heterocycles. The molecule has 0 spiro atoms. The van der Waals surface area contributed by atoms with Crippen LogP contribution in [0.4, 0.5) is 23.0 Å². The van der Waals surface area contributed by atoms with Gasteiger partial charge in [-0.3, -0.25) is 9.89 Å². The number of fused-ring (bicyclic) bond motifs is 1. The summed E-state index contributed by atoms with van der Waals surface area (Å²) >= 11 is 12.3. The van der Waals surface area contributed by atoms with Crippen LogP contribution < -0.4 is 17.0 Å². The Morgan fingerprint density at radius 2 is 1.82 bits per heavy atom. The average molecular weight is 415 g/mol. The Hall–Kier alpha value is -3.43. The molecule has 0 saturated carbocycles. The van der Waals surface area contributed by atoms with Crippen LogP contribution in [0.3, 0.4) is 0 Å². The van der Waals surface area contributed by atoms with Crippen LogP contribution in [0.2, 0.25) is 10.0 Å². The van der Waals surface area contributed by atoms with Crippen molar-refractivity contribution in [2.75, 3.05) is 11.5 Å². The number of anilines is 2. The average Bonchev–Trinajstić information content (AvgIpc) is 3.01. The van der Waals surface area contributed by atoms with E-state index in [4.69, 9.17) is 34.7 Å². The molecule has 0 aliphatic rings. The van der Waals surface area contributed by atoms with Crippen LogP contribution in [0.25, 0.3) is 22.3 Å². The van der Waals surface area contributed by atoms with Crippen LogP contribution in [-0.4, -0.2) is 20.2 Å². The molecule has 0 aliphatic carbocycles. The molecule has 9 nitrogen and oxygen atoms in total. The van der Waals surface area contributed by atoms with Crippen molar-refractivity contribution in [2.45, 2.75) is 0 Å². The lowest BCUT2D eigenvalue weighted by Crippen LogP contribution is -2.11. The first kappa shape index (κ1) is 18.0. The van der Waals surface area contributed by atoms with Crippen LogP contribution in [-0.2, 0) is 0 Å². The number of nitrogens with zero attached hydrogens (tertiary/aromatic N) is 4. The molecule has 11 heteroatoms. The van der Waals surface area contributed by atoms with Gasteiger partial charge >= 0.3 is 0 Å². The number of nitrogens with two attached hydrogens (primary N) is 2. The SMILES string of the molecule is Nc1n[nH]c(N)c1N=Nc1ccccc1-c1nc2c(Cl)c(Cl)ccc2[nH]c1=O. The monoisotopic (exact) mass is 414 g/mol. The molecule has 0 atom stereocenters. The van der Waals surface area contributed by atoms with Crippen molar-refractivity contribution >= 4 is 57.2 Å².